The third-order valence-corrected chi connectivity index (χ3v) is 6.67. The van der Waals surface area contributed by atoms with E-state index >= 15 is 0 Å². The van der Waals surface area contributed by atoms with Crippen LogP contribution in [-0.4, -0.2) is 23.3 Å². The summed E-state index contributed by atoms with van der Waals surface area (Å²) in [5, 5.41) is 5.19. The molecule has 1 atom stereocenters. The van der Waals surface area contributed by atoms with Gasteiger partial charge in [0.25, 0.3) is 0 Å². The summed E-state index contributed by atoms with van der Waals surface area (Å²) in [6.07, 6.45) is 4.71. The minimum absolute atomic E-state index is 0.599. The largest absolute Gasteiger partial charge is 0.386 e. The molecule has 128 valence electrons. The number of anilines is 2. The van der Waals surface area contributed by atoms with Crippen molar-refractivity contribution in [3.63, 3.8) is 0 Å². The number of aldehydes is 1. The smallest absolute Gasteiger partial charge is 0.142 e. The van der Waals surface area contributed by atoms with Crippen LogP contribution in [0, 0.1) is 0 Å². The van der Waals surface area contributed by atoms with E-state index in [0.29, 0.717) is 5.75 Å². The molecular weight excluding hydrogens is 360 g/mol. The standard InChI is InChI=1S/C17H20N2O2S3/c1-3-12-24(21)15-9-8-14(19-23-16-7-5-11-22-16)17(18-2)13(15)6-4-10-20/h4-11,18-19H,3,12H2,1-2H3/b6-4+. The summed E-state index contributed by atoms with van der Waals surface area (Å²) >= 11 is 3.19. The molecule has 0 saturated carbocycles. The fourth-order valence-electron chi connectivity index (χ4n) is 2.18. The summed E-state index contributed by atoms with van der Waals surface area (Å²) < 4.78 is 17.0. The lowest BCUT2D eigenvalue weighted by Gasteiger charge is -2.16. The van der Waals surface area contributed by atoms with Crippen LogP contribution in [0.2, 0.25) is 0 Å². The molecule has 0 aliphatic rings. The zero-order valence-electron chi connectivity index (χ0n) is 13.6. The van der Waals surface area contributed by atoms with Gasteiger partial charge < -0.3 is 10.0 Å². The van der Waals surface area contributed by atoms with E-state index < -0.39 is 10.8 Å². The van der Waals surface area contributed by atoms with E-state index in [9.17, 15) is 9.00 Å². The highest BCUT2D eigenvalue weighted by Crippen LogP contribution is 2.35. The van der Waals surface area contributed by atoms with Crippen molar-refractivity contribution in [3.8, 4) is 0 Å². The molecule has 7 heteroatoms. The van der Waals surface area contributed by atoms with Crippen molar-refractivity contribution in [2.45, 2.75) is 22.4 Å². The molecule has 0 radical (unpaired) electrons. The van der Waals surface area contributed by atoms with Crippen LogP contribution in [0.4, 0.5) is 11.4 Å². The molecule has 0 aliphatic carbocycles. The van der Waals surface area contributed by atoms with Gasteiger partial charge in [0.2, 0.25) is 0 Å². The molecule has 4 nitrogen and oxygen atoms in total. The number of nitrogens with one attached hydrogen (secondary N) is 2. The lowest BCUT2D eigenvalue weighted by atomic mass is 10.1. The number of benzene rings is 1. The summed E-state index contributed by atoms with van der Waals surface area (Å²) in [6.45, 7) is 2.01. The van der Waals surface area contributed by atoms with Crippen LogP contribution >= 0.6 is 23.3 Å². The van der Waals surface area contributed by atoms with Crippen LogP contribution < -0.4 is 10.0 Å². The highest BCUT2D eigenvalue weighted by Gasteiger charge is 2.15. The zero-order valence-corrected chi connectivity index (χ0v) is 16.0. The molecule has 1 aromatic carbocycles. The Hall–Kier alpha value is -1.57. The van der Waals surface area contributed by atoms with Gasteiger partial charge in [-0.25, -0.2) is 0 Å². The van der Waals surface area contributed by atoms with Gasteiger partial charge in [-0.15, -0.1) is 11.3 Å². The van der Waals surface area contributed by atoms with E-state index in [1.165, 1.54) is 18.0 Å². The minimum Gasteiger partial charge on any atom is -0.386 e. The second kappa shape index (κ2) is 9.66. The van der Waals surface area contributed by atoms with Crippen molar-refractivity contribution < 1.29 is 9.00 Å². The minimum atomic E-state index is -1.09. The first-order chi connectivity index (χ1) is 11.7. The molecule has 2 aromatic rings. The lowest BCUT2D eigenvalue weighted by Crippen LogP contribution is -2.05. The third-order valence-electron chi connectivity index (χ3n) is 3.19. The van der Waals surface area contributed by atoms with Crippen LogP contribution in [0.25, 0.3) is 6.08 Å². The molecule has 0 aliphatic heterocycles. The van der Waals surface area contributed by atoms with E-state index in [0.717, 1.165) is 38.7 Å². The van der Waals surface area contributed by atoms with Gasteiger partial charge in [-0.3, -0.25) is 9.00 Å². The molecule has 0 fully saturated rings. The van der Waals surface area contributed by atoms with Gasteiger partial charge >= 0.3 is 0 Å². The van der Waals surface area contributed by atoms with Crippen LogP contribution in [0.5, 0.6) is 0 Å². The molecule has 0 saturated heterocycles. The molecule has 0 bridgehead atoms. The Bertz CT molecular complexity index is 728. The summed E-state index contributed by atoms with van der Waals surface area (Å²) in [5.41, 5.74) is 2.51. The monoisotopic (exact) mass is 380 g/mol. The Morgan fingerprint density at radius 2 is 2.17 bits per heavy atom. The van der Waals surface area contributed by atoms with Crippen LogP contribution in [0.3, 0.4) is 0 Å². The Morgan fingerprint density at radius 3 is 2.79 bits per heavy atom. The van der Waals surface area contributed by atoms with Crippen LogP contribution in [-0.2, 0) is 15.6 Å². The average Bonchev–Trinajstić information content (AvgIpc) is 3.11. The van der Waals surface area contributed by atoms with E-state index in [-0.39, 0.29) is 0 Å². The van der Waals surface area contributed by atoms with Crippen molar-refractivity contribution >= 4 is 57.8 Å². The van der Waals surface area contributed by atoms with E-state index in [1.807, 2.05) is 43.6 Å². The first kappa shape index (κ1) is 18.8. The van der Waals surface area contributed by atoms with E-state index in [1.54, 1.807) is 17.4 Å². The van der Waals surface area contributed by atoms with Crippen molar-refractivity contribution in [2.24, 2.45) is 0 Å². The molecular formula is C17H20N2O2S3. The highest BCUT2D eigenvalue weighted by molar-refractivity contribution is 8.02. The van der Waals surface area contributed by atoms with Crippen molar-refractivity contribution in [1.29, 1.82) is 0 Å². The van der Waals surface area contributed by atoms with E-state index in [2.05, 4.69) is 10.0 Å². The number of carbonyl (C=O) groups is 1. The summed E-state index contributed by atoms with van der Waals surface area (Å²) in [7, 11) is 0.729. The third kappa shape index (κ3) is 4.72. The quantitative estimate of drug-likeness (QED) is 0.377. The average molecular weight is 381 g/mol. The molecule has 0 amide bonds. The van der Waals surface area contributed by atoms with Crippen molar-refractivity contribution in [2.75, 3.05) is 22.8 Å². The SMILES string of the molecule is CCCS(=O)c1ccc(NSc2cccs2)c(NC)c1/C=C/C=O. The maximum atomic E-state index is 12.5. The summed E-state index contributed by atoms with van der Waals surface area (Å²) in [4.78, 5) is 11.5. The number of hydrogen-bond acceptors (Lipinski definition) is 6. The number of thiophene rings is 1. The first-order valence-corrected chi connectivity index (χ1v) is 10.5. The predicted molar refractivity (Wildman–Crippen MR) is 106 cm³/mol. The fraction of sp³-hybridized carbons (Fsp3) is 0.235. The maximum Gasteiger partial charge on any atom is 0.142 e. The summed E-state index contributed by atoms with van der Waals surface area (Å²) in [6, 6.07) is 7.84. The Morgan fingerprint density at radius 1 is 1.33 bits per heavy atom. The predicted octanol–water partition coefficient (Wildman–Crippen LogP) is 4.64. The number of allylic oxidation sites excluding steroid dienone is 1. The van der Waals surface area contributed by atoms with Gasteiger partial charge in [0, 0.05) is 23.3 Å². The topological polar surface area (TPSA) is 58.2 Å². The van der Waals surface area contributed by atoms with Gasteiger partial charge in [-0.2, -0.15) is 0 Å². The molecule has 1 heterocycles. The van der Waals surface area contributed by atoms with Gasteiger partial charge in [0.1, 0.15) is 6.29 Å². The zero-order chi connectivity index (χ0) is 17.4. The van der Waals surface area contributed by atoms with Gasteiger partial charge in [-0.1, -0.05) is 13.0 Å². The number of carbonyl (C=O) groups excluding carboxylic acids is 1. The fourth-order valence-corrected chi connectivity index (χ4v) is 4.86. The molecule has 2 N–H and O–H groups in total. The molecule has 1 unspecified atom stereocenters. The molecule has 0 spiro atoms. The summed E-state index contributed by atoms with van der Waals surface area (Å²) in [5.74, 6) is 0.599. The lowest BCUT2D eigenvalue weighted by molar-refractivity contribution is -0.104. The number of hydrogen-bond donors (Lipinski definition) is 2. The molecule has 24 heavy (non-hydrogen) atoms. The molecule has 1 aromatic heterocycles. The van der Waals surface area contributed by atoms with Gasteiger partial charge in [0.05, 0.1) is 26.4 Å². The Kier molecular flexibility index (Phi) is 7.55. The van der Waals surface area contributed by atoms with Gasteiger partial charge in [-0.05, 0) is 54.1 Å². The van der Waals surface area contributed by atoms with Crippen molar-refractivity contribution in [3.05, 3.63) is 41.3 Å². The second-order valence-electron chi connectivity index (χ2n) is 4.83. The first-order valence-electron chi connectivity index (χ1n) is 7.52. The van der Waals surface area contributed by atoms with Crippen LogP contribution in [0.15, 0.2) is 44.8 Å². The highest BCUT2D eigenvalue weighted by atomic mass is 32.2. The second-order valence-corrected chi connectivity index (χ2v) is 8.42. The maximum absolute atomic E-state index is 12.5. The van der Waals surface area contributed by atoms with Crippen LogP contribution in [0.1, 0.15) is 18.9 Å². The number of rotatable bonds is 9. The molecule has 2 rings (SSSR count). The normalized spacial score (nSPS) is 12.2. The Labute approximate surface area is 153 Å². The Balaban J connectivity index is 2.39. The van der Waals surface area contributed by atoms with Crippen molar-refractivity contribution in [1.82, 2.24) is 0 Å². The van der Waals surface area contributed by atoms with Gasteiger partial charge in [0.15, 0.2) is 0 Å². The van der Waals surface area contributed by atoms with E-state index in [4.69, 9.17) is 0 Å².